The van der Waals surface area contributed by atoms with E-state index in [-0.39, 0.29) is 12.1 Å². The average Bonchev–Trinajstić information content (AvgIpc) is 3.09. The number of pyridine rings is 1. The number of fused-ring (bicyclic) bond motifs is 1. The van der Waals surface area contributed by atoms with Crippen LogP contribution in [0.3, 0.4) is 0 Å². The Bertz CT molecular complexity index is 1160. The number of H-pyrrole nitrogens is 1. The van der Waals surface area contributed by atoms with Crippen molar-refractivity contribution in [1.82, 2.24) is 15.3 Å². The van der Waals surface area contributed by atoms with Crippen LogP contribution in [0, 0.1) is 6.92 Å². The van der Waals surface area contributed by atoms with Crippen LogP contribution >= 0.6 is 11.3 Å². The first-order valence-corrected chi connectivity index (χ1v) is 9.35. The van der Waals surface area contributed by atoms with E-state index in [0.29, 0.717) is 5.69 Å². The highest BCUT2D eigenvalue weighted by atomic mass is 32.1. The number of aromatic amines is 1. The zero-order valence-electron chi connectivity index (χ0n) is 14.7. The Morgan fingerprint density at radius 3 is 2.74 bits per heavy atom. The van der Waals surface area contributed by atoms with Crippen molar-refractivity contribution in [1.29, 1.82) is 0 Å². The Balaban J connectivity index is 1.51. The summed E-state index contributed by atoms with van der Waals surface area (Å²) >= 11 is 1.53. The summed E-state index contributed by atoms with van der Waals surface area (Å²) in [4.78, 5) is 32.0. The van der Waals surface area contributed by atoms with Crippen molar-refractivity contribution in [2.45, 2.75) is 13.5 Å². The number of aromatic nitrogens is 2. The predicted octanol–water partition coefficient (Wildman–Crippen LogP) is 3.89. The van der Waals surface area contributed by atoms with Gasteiger partial charge in [0.1, 0.15) is 10.6 Å². The number of para-hydroxylation sites is 1. The van der Waals surface area contributed by atoms with Gasteiger partial charge in [-0.05, 0) is 42.8 Å². The van der Waals surface area contributed by atoms with Gasteiger partial charge in [-0.2, -0.15) is 0 Å². The number of carbonyl (C=O) groups is 1. The van der Waals surface area contributed by atoms with E-state index in [9.17, 15) is 9.59 Å². The van der Waals surface area contributed by atoms with Gasteiger partial charge in [0.2, 0.25) is 0 Å². The normalized spacial score (nSPS) is 10.9. The summed E-state index contributed by atoms with van der Waals surface area (Å²) in [6, 6.07) is 19.0. The van der Waals surface area contributed by atoms with Gasteiger partial charge in [0.15, 0.2) is 0 Å². The lowest BCUT2D eigenvalue weighted by molar-refractivity contribution is 0.0949. The van der Waals surface area contributed by atoms with Crippen LogP contribution in [0.1, 0.15) is 20.9 Å². The fraction of sp³-hybridized carbons (Fsp3) is 0.0952. The van der Waals surface area contributed by atoms with Gasteiger partial charge in [0, 0.05) is 5.69 Å². The Morgan fingerprint density at radius 1 is 1.11 bits per heavy atom. The Kier molecular flexibility index (Phi) is 4.56. The van der Waals surface area contributed by atoms with Crippen LogP contribution in [-0.2, 0) is 6.54 Å². The second-order valence-corrected chi connectivity index (χ2v) is 7.36. The highest BCUT2D eigenvalue weighted by Gasteiger charge is 2.12. The van der Waals surface area contributed by atoms with Crippen LogP contribution in [0.5, 0.6) is 0 Å². The smallest absolute Gasteiger partial charge is 0.261 e. The zero-order chi connectivity index (χ0) is 18.8. The Morgan fingerprint density at radius 2 is 1.96 bits per heavy atom. The molecule has 27 heavy (non-hydrogen) atoms. The Hall–Kier alpha value is -3.25. The van der Waals surface area contributed by atoms with Gasteiger partial charge >= 0.3 is 0 Å². The van der Waals surface area contributed by atoms with E-state index in [1.54, 1.807) is 12.1 Å². The van der Waals surface area contributed by atoms with Crippen molar-refractivity contribution < 1.29 is 4.79 Å². The number of rotatable bonds is 4. The van der Waals surface area contributed by atoms with Crippen molar-refractivity contribution >= 4 is 27.5 Å². The third-order valence-electron chi connectivity index (χ3n) is 4.22. The number of carbonyl (C=O) groups excluding carboxylic acids is 1. The molecule has 2 heterocycles. The molecule has 6 heteroatoms. The molecular formula is C21H17N3O2S. The fourth-order valence-electron chi connectivity index (χ4n) is 2.88. The maximum Gasteiger partial charge on any atom is 0.261 e. The molecule has 4 rings (SSSR count). The number of benzene rings is 2. The van der Waals surface area contributed by atoms with Crippen LogP contribution in [0.4, 0.5) is 0 Å². The third kappa shape index (κ3) is 3.66. The van der Waals surface area contributed by atoms with Gasteiger partial charge in [0.05, 0.1) is 16.8 Å². The average molecular weight is 375 g/mol. The van der Waals surface area contributed by atoms with Gasteiger partial charge in [-0.15, -0.1) is 11.3 Å². The van der Waals surface area contributed by atoms with Gasteiger partial charge in [-0.1, -0.05) is 35.9 Å². The SMILES string of the molecule is Cc1cccc(-c2ccc(C(=O)NCc3nc4ccccc4s3)c(=O)[nH]2)c1. The molecule has 134 valence electrons. The van der Waals surface area contributed by atoms with Crippen LogP contribution in [0.25, 0.3) is 21.5 Å². The van der Waals surface area contributed by atoms with Crippen LogP contribution in [0.15, 0.2) is 65.5 Å². The lowest BCUT2D eigenvalue weighted by Gasteiger charge is -2.06. The van der Waals surface area contributed by atoms with Crippen LogP contribution in [0.2, 0.25) is 0 Å². The summed E-state index contributed by atoms with van der Waals surface area (Å²) in [5.41, 5.74) is 3.29. The van der Waals surface area contributed by atoms with Gasteiger partial charge in [-0.25, -0.2) is 4.98 Å². The van der Waals surface area contributed by atoms with Crippen molar-refractivity contribution in [2.75, 3.05) is 0 Å². The summed E-state index contributed by atoms with van der Waals surface area (Å²) < 4.78 is 1.07. The first kappa shape index (κ1) is 17.2. The number of aryl methyl sites for hydroxylation is 1. The van der Waals surface area contributed by atoms with E-state index in [2.05, 4.69) is 15.3 Å². The molecule has 1 amide bonds. The quantitative estimate of drug-likeness (QED) is 0.568. The van der Waals surface area contributed by atoms with Gasteiger partial charge in [0.25, 0.3) is 11.5 Å². The molecule has 0 fully saturated rings. The highest BCUT2D eigenvalue weighted by Crippen LogP contribution is 2.21. The largest absolute Gasteiger partial charge is 0.345 e. The number of thiazole rings is 1. The van der Waals surface area contributed by atoms with Crippen molar-refractivity contribution in [2.24, 2.45) is 0 Å². The molecule has 4 aromatic rings. The lowest BCUT2D eigenvalue weighted by Crippen LogP contribution is -2.29. The minimum Gasteiger partial charge on any atom is -0.345 e. The molecule has 0 saturated carbocycles. The highest BCUT2D eigenvalue weighted by molar-refractivity contribution is 7.18. The molecule has 0 aliphatic carbocycles. The second kappa shape index (κ2) is 7.17. The third-order valence-corrected chi connectivity index (χ3v) is 5.26. The number of nitrogens with one attached hydrogen (secondary N) is 2. The van der Waals surface area contributed by atoms with E-state index in [1.807, 2.05) is 55.5 Å². The number of nitrogens with zero attached hydrogens (tertiary/aromatic N) is 1. The Labute approximate surface area is 159 Å². The zero-order valence-corrected chi connectivity index (χ0v) is 15.5. The first-order chi connectivity index (χ1) is 13.1. The van der Waals surface area contributed by atoms with E-state index in [4.69, 9.17) is 0 Å². The topological polar surface area (TPSA) is 74.8 Å². The predicted molar refractivity (Wildman–Crippen MR) is 108 cm³/mol. The number of hydrogen-bond donors (Lipinski definition) is 2. The van der Waals surface area contributed by atoms with E-state index < -0.39 is 11.5 Å². The maximum absolute atomic E-state index is 12.4. The maximum atomic E-state index is 12.4. The summed E-state index contributed by atoms with van der Waals surface area (Å²) in [5.74, 6) is -0.411. The second-order valence-electron chi connectivity index (χ2n) is 6.24. The summed E-state index contributed by atoms with van der Waals surface area (Å²) in [5, 5.41) is 3.58. The fourth-order valence-corrected chi connectivity index (χ4v) is 3.79. The molecule has 0 aliphatic rings. The molecule has 2 aromatic heterocycles. The lowest BCUT2D eigenvalue weighted by atomic mass is 10.1. The first-order valence-electron chi connectivity index (χ1n) is 8.53. The van der Waals surface area contributed by atoms with Gasteiger partial charge < -0.3 is 10.3 Å². The van der Waals surface area contributed by atoms with E-state index >= 15 is 0 Å². The van der Waals surface area contributed by atoms with Crippen molar-refractivity contribution in [3.63, 3.8) is 0 Å². The van der Waals surface area contributed by atoms with Crippen LogP contribution < -0.4 is 10.9 Å². The van der Waals surface area contributed by atoms with E-state index in [0.717, 1.165) is 26.4 Å². The minimum absolute atomic E-state index is 0.0903. The molecular weight excluding hydrogens is 358 g/mol. The molecule has 2 N–H and O–H groups in total. The molecule has 0 spiro atoms. The summed E-state index contributed by atoms with van der Waals surface area (Å²) in [7, 11) is 0. The van der Waals surface area contributed by atoms with Crippen molar-refractivity contribution in [3.8, 4) is 11.3 Å². The van der Waals surface area contributed by atoms with Crippen molar-refractivity contribution in [3.05, 3.63) is 87.2 Å². The van der Waals surface area contributed by atoms with Crippen LogP contribution in [-0.4, -0.2) is 15.9 Å². The molecule has 0 saturated heterocycles. The monoisotopic (exact) mass is 375 g/mol. The molecule has 0 unspecified atom stereocenters. The standard InChI is InChI=1S/C21H17N3O2S/c1-13-5-4-6-14(11-13)16-10-9-15(21(26)24-16)20(25)22-12-19-23-17-7-2-3-8-18(17)27-19/h2-11H,12H2,1H3,(H,22,25)(H,24,26). The minimum atomic E-state index is -0.411. The molecule has 0 atom stereocenters. The van der Waals surface area contributed by atoms with Gasteiger partial charge in [-0.3, -0.25) is 9.59 Å². The molecule has 2 aromatic carbocycles. The molecule has 0 bridgehead atoms. The molecule has 5 nitrogen and oxygen atoms in total. The summed E-state index contributed by atoms with van der Waals surface area (Å²) in [6.07, 6.45) is 0. The molecule has 0 radical (unpaired) electrons. The summed E-state index contributed by atoms with van der Waals surface area (Å²) in [6.45, 7) is 2.28. The van der Waals surface area contributed by atoms with E-state index in [1.165, 1.54) is 11.3 Å². The number of amides is 1. The number of hydrogen-bond acceptors (Lipinski definition) is 4. The molecule has 0 aliphatic heterocycles.